The van der Waals surface area contributed by atoms with E-state index in [1.807, 2.05) is 6.07 Å². The molecule has 0 saturated carbocycles. The van der Waals surface area contributed by atoms with Crippen molar-refractivity contribution in [2.75, 3.05) is 6.61 Å². The molecule has 2 atom stereocenters. The summed E-state index contributed by atoms with van der Waals surface area (Å²) in [6.45, 7) is 3.50. The van der Waals surface area contributed by atoms with Crippen LogP contribution in [0, 0.1) is 6.92 Å². The van der Waals surface area contributed by atoms with E-state index >= 15 is 0 Å². The van der Waals surface area contributed by atoms with Crippen LogP contribution in [0.5, 0.6) is 11.5 Å². The van der Waals surface area contributed by atoms with Crippen molar-refractivity contribution in [3.05, 3.63) is 39.8 Å². The molecule has 2 N–H and O–H groups in total. The van der Waals surface area contributed by atoms with Crippen LogP contribution in [-0.2, 0) is 4.79 Å². The highest BCUT2D eigenvalue weighted by molar-refractivity contribution is 7.13. The number of aryl methyl sites for hydroxylation is 1. The molecule has 7 nitrogen and oxygen atoms in total. The highest BCUT2D eigenvalue weighted by Gasteiger charge is 2.29. The van der Waals surface area contributed by atoms with E-state index in [0.29, 0.717) is 22.2 Å². The molecule has 2 aromatic rings. The van der Waals surface area contributed by atoms with Gasteiger partial charge in [0.1, 0.15) is 16.5 Å². The predicted molar refractivity (Wildman–Crippen MR) is 86.7 cm³/mol. The quantitative estimate of drug-likeness (QED) is 0.879. The average Bonchev–Trinajstić information content (AvgIpc) is 2.96. The van der Waals surface area contributed by atoms with Crippen LogP contribution in [-0.4, -0.2) is 34.7 Å². The van der Waals surface area contributed by atoms with E-state index in [2.05, 4.69) is 10.3 Å². The number of para-hydroxylation sites is 2. The number of thiazole rings is 1. The molecule has 24 heavy (non-hydrogen) atoms. The Balaban J connectivity index is 1.67. The van der Waals surface area contributed by atoms with Gasteiger partial charge in [0.05, 0.1) is 11.7 Å². The monoisotopic (exact) mass is 348 g/mol. The minimum Gasteiger partial charge on any atom is -0.485 e. The number of carbonyl (C=O) groups excluding carboxylic acids is 1. The molecule has 0 aliphatic carbocycles. The van der Waals surface area contributed by atoms with Crippen LogP contribution in [0.1, 0.15) is 33.3 Å². The molecule has 0 fully saturated rings. The normalized spacial score (nSPS) is 17.2. The summed E-state index contributed by atoms with van der Waals surface area (Å²) >= 11 is 1.06. The van der Waals surface area contributed by atoms with Gasteiger partial charge in [-0.1, -0.05) is 12.1 Å². The number of hydrogen-bond acceptors (Lipinski definition) is 6. The van der Waals surface area contributed by atoms with Crippen LogP contribution in [0.25, 0.3) is 0 Å². The highest BCUT2D eigenvalue weighted by Crippen LogP contribution is 2.31. The fourth-order valence-electron chi connectivity index (χ4n) is 2.32. The van der Waals surface area contributed by atoms with Gasteiger partial charge >= 0.3 is 5.97 Å². The molecule has 2 unspecified atom stereocenters. The van der Waals surface area contributed by atoms with Crippen LogP contribution < -0.4 is 14.8 Å². The molecular weight excluding hydrogens is 332 g/mol. The lowest BCUT2D eigenvalue weighted by atomic mass is 10.2. The summed E-state index contributed by atoms with van der Waals surface area (Å²) in [7, 11) is 0. The van der Waals surface area contributed by atoms with Gasteiger partial charge in [-0.25, -0.2) is 9.78 Å². The first-order chi connectivity index (χ1) is 11.5. The molecule has 1 aromatic heterocycles. The van der Waals surface area contributed by atoms with Gasteiger partial charge < -0.3 is 19.9 Å². The largest absolute Gasteiger partial charge is 0.485 e. The third-order valence-electron chi connectivity index (χ3n) is 3.54. The fourth-order valence-corrected chi connectivity index (χ4v) is 3.23. The summed E-state index contributed by atoms with van der Waals surface area (Å²) in [5.41, 5.74) is 0.440. The van der Waals surface area contributed by atoms with Crippen molar-refractivity contribution in [2.24, 2.45) is 0 Å². The Kier molecular flexibility index (Phi) is 4.39. The Bertz CT molecular complexity index is 789. The molecule has 1 amide bonds. The second-order valence-corrected chi connectivity index (χ2v) is 6.40. The van der Waals surface area contributed by atoms with Gasteiger partial charge in [0.25, 0.3) is 5.91 Å². The first-order valence-corrected chi connectivity index (χ1v) is 8.17. The number of carboxylic acid groups (broad SMARTS) is 1. The van der Waals surface area contributed by atoms with E-state index in [-0.39, 0.29) is 17.4 Å². The predicted octanol–water partition coefficient (Wildman–Crippen LogP) is 2.17. The highest BCUT2D eigenvalue weighted by atomic mass is 32.1. The zero-order valence-electron chi connectivity index (χ0n) is 13.1. The summed E-state index contributed by atoms with van der Waals surface area (Å²) in [6.07, 6.45) is -0.762. The van der Waals surface area contributed by atoms with Gasteiger partial charge in [0.15, 0.2) is 11.5 Å². The van der Waals surface area contributed by atoms with E-state index < -0.39 is 18.1 Å². The first-order valence-electron chi connectivity index (χ1n) is 7.35. The van der Waals surface area contributed by atoms with Crippen molar-refractivity contribution >= 4 is 23.2 Å². The number of rotatable bonds is 4. The van der Waals surface area contributed by atoms with Crippen molar-refractivity contribution in [3.8, 4) is 11.5 Å². The van der Waals surface area contributed by atoms with Crippen molar-refractivity contribution in [1.82, 2.24) is 10.3 Å². The summed E-state index contributed by atoms with van der Waals surface area (Å²) in [4.78, 5) is 27.8. The number of aromatic nitrogens is 1. The molecule has 0 spiro atoms. The van der Waals surface area contributed by atoms with Gasteiger partial charge in [0.2, 0.25) is 6.10 Å². The number of fused-ring (bicyclic) bond motifs is 1. The van der Waals surface area contributed by atoms with Crippen molar-refractivity contribution in [2.45, 2.75) is 26.0 Å². The van der Waals surface area contributed by atoms with Gasteiger partial charge in [-0.15, -0.1) is 11.3 Å². The minimum absolute atomic E-state index is 0.118. The Morgan fingerprint density at radius 2 is 2.08 bits per heavy atom. The number of hydrogen-bond donors (Lipinski definition) is 2. The number of nitrogens with one attached hydrogen (secondary N) is 1. The third-order valence-corrected chi connectivity index (χ3v) is 4.87. The number of aromatic carboxylic acids is 1. The van der Waals surface area contributed by atoms with E-state index in [1.165, 1.54) is 0 Å². The maximum atomic E-state index is 12.4. The van der Waals surface area contributed by atoms with E-state index in [4.69, 9.17) is 14.6 Å². The van der Waals surface area contributed by atoms with Gasteiger partial charge in [-0.2, -0.15) is 0 Å². The van der Waals surface area contributed by atoms with E-state index in [0.717, 1.165) is 11.3 Å². The van der Waals surface area contributed by atoms with E-state index in [9.17, 15) is 9.59 Å². The average molecular weight is 348 g/mol. The maximum Gasteiger partial charge on any atom is 0.347 e. The molecule has 1 aliphatic heterocycles. The minimum atomic E-state index is -1.02. The Hall–Kier alpha value is -2.61. The lowest BCUT2D eigenvalue weighted by Crippen LogP contribution is -2.44. The Morgan fingerprint density at radius 3 is 2.75 bits per heavy atom. The summed E-state index contributed by atoms with van der Waals surface area (Å²) in [6, 6.07) is 6.72. The van der Waals surface area contributed by atoms with Crippen LogP contribution in [0.3, 0.4) is 0 Å². The second-order valence-electron chi connectivity index (χ2n) is 5.37. The number of benzene rings is 1. The van der Waals surface area contributed by atoms with Crippen LogP contribution >= 0.6 is 11.3 Å². The molecule has 0 saturated heterocycles. The molecular formula is C16H16N2O5S. The number of nitrogens with zero attached hydrogens (tertiary/aromatic N) is 1. The van der Waals surface area contributed by atoms with Gasteiger partial charge in [-0.3, -0.25) is 4.79 Å². The van der Waals surface area contributed by atoms with Crippen molar-refractivity contribution < 1.29 is 24.2 Å². The van der Waals surface area contributed by atoms with Crippen molar-refractivity contribution in [3.63, 3.8) is 0 Å². The first kappa shape index (κ1) is 16.3. The molecule has 0 radical (unpaired) electrons. The number of amides is 1. The lowest BCUT2D eigenvalue weighted by molar-refractivity contribution is -0.131. The molecule has 1 aliphatic rings. The molecule has 126 valence electrons. The van der Waals surface area contributed by atoms with Crippen molar-refractivity contribution in [1.29, 1.82) is 0 Å². The van der Waals surface area contributed by atoms with Gasteiger partial charge in [-0.05, 0) is 26.0 Å². The van der Waals surface area contributed by atoms with Crippen LogP contribution in [0.2, 0.25) is 0 Å². The third kappa shape index (κ3) is 3.18. The SMILES string of the molecule is Cc1nc(C(C)NC(=O)C2COc3ccccc3O2)sc1C(=O)O. The second kappa shape index (κ2) is 6.48. The summed E-state index contributed by atoms with van der Waals surface area (Å²) in [5.74, 6) is -0.219. The Labute approximate surface area is 142 Å². The number of carbonyl (C=O) groups is 2. The van der Waals surface area contributed by atoms with Crippen LogP contribution in [0.15, 0.2) is 24.3 Å². The standard InChI is InChI=1S/C16H16N2O5S/c1-8-13(16(20)21)24-15(18-8)9(2)17-14(19)12-7-22-10-5-3-4-6-11(10)23-12/h3-6,9,12H,7H2,1-2H3,(H,17,19)(H,20,21). The Morgan fingerprint density at radius 1 is 1.38 bits per heavy atom. The zero-order chi connectivity index (χ0) is 17.3. The van der Waals surface area contributed by atoms with Crippen LogP contribution in [0.4, 0.5) is 0 Å². The zero-order valence-corrected chi connectivity index (χ0v) is 13.9. The lowest BCUT2D eigenvalue weighted by Gasteiger charge is -2.26. The number of ether oxygens (including phenoxy) is 2. The topological polar surface area (TPSA) is 97.8 Å². The van der Waals surface area contributed by atoms with E-state index in [1.54, 1.807) is 32.0 Å². The molecule has 1 aromatic carbocycles. The molecule has 0 bridgehead atoms. The molecule has 2 heterocycles. The summed E-state index contributed by atoms with van der Waals surface area (Å²) in [5, 5.41) is 12.4. The fraction of sp³-hybridized carbons (Fsp3) is 0.312. The number of carboxylic acids is 1. The maximum absolute atomic E-state index is 12.4. The molecule has 3 rings (SSSR count). The van der Waals surface area contributed by atoms with Gasteiger partial charge in [0, 0.05) is 0 Å². The summed E-state index contributed by atoms with van der Waals surface area (Å²) < 4.78 is 11.2. The smallest absolute Gasteiger partial charge is 0.347 e. The molecule has 8 heteroatoms.